The zero-order chi connectivity index (χ0) is 36.0. The SMILES string of the molecule is c1ccc(C2Nc3cc4oc5c(N(c6ccc7c(c6)c6ccccc6n7-c6ccccc6)c6cccc7c6oc6ccccc67)cccc5c4cc3O2)cc1. The van der Waals surface area contributed by atoms with Crippen LogP contribution in [0.3, 0.4) is 0 Å². The van der Waals surface area contributed by atoms with Gasteiger partial charge in [-0.25, -0.2) is 0 Å². The van der Waals surface area contributed by atoms with Crippen LogP contribution in [0.1, 0.15) is 11.8 Å². The third-order valence-electron chi connectivity index (χ3n) is 11.0. The lowest BCUT2D eigenvalue weighted by molar-refractivity contribution is 0.260. The molecule has 1 N–H and O–H groups in total. The van der Waals surface area contributed by atoms with Crippen molar-refractivity contribution in [3.8, 4) is 11.4 Å². The van der Waals surface area contributed by atoms with Gasteiger partial charge in [0.1, 0.15) is 16.9 Å². The lowest BCUT2D eigenvalue weighted by atomic mass is 10.1. The monoisotopic (exact) mass is 709 g/mol. The van der Waals surface area contributed by atoms with Gasteiger partial charge in [0, 0.05) is 55.3 Å². The van der Waals surface area contributed by atoms with Crippen LogP contribution >= 0.6 is 0 Å². The minimum absolute atomic E-state index is 0.257. The van der Waals surface area contributed by atoms with E-state index in [-0.39, 0.29) is 6.23 Å². The highest BCUT2D eigenvalue weighted by molar-refractivity contribution is 6.16. The van der Waals surface area contributed by atoms with E-state index in [0.29, 0.717) is 0 Å². The molecule has 0 fully saturated rings. The number of fused-ring (bicyclic) bond motifs is 10. The summed E-state index contributed by atoms with van der Waals surface area (Å²) in [6.45, 7) is 0. The summed E-state index contributed by atoms with van der Waals surface area (Å²) in [5.74, 6) is 0.804. The van der Waals surface area contributed by atoms with E-state index in [1.807, 2.05) is 30.3 Å². The van der Waals surface area contributed by atoms with Crippen molar-refractivity contribution in [2.24, 2.45) is 0 Å². The summed E-state index contributed by atoms with van der Waals surface area (Å²) >= 11 is 0. The van der Waals surface area contributed by atoms with Gasteiger partial charge in [0.2, 0.25) is 0 Å². The molecule has 260 valence electrons. The third kappa shape index (κ3) is 4.49. The highest BCUT2D eigenvalue weighted by Crippen LogP contribution is 2.49. The van der Waals surface area contributed by atoms with E-state index in [9.17, 15) is 0 Å². The van der Waals surface area contributed by atoms with E-state index < -0.39 is 0 Å². The topological polar surface area (TPSA) is 55.7 Å². The van der Waals surface area contributed by atoms with Crippen molar-refractivity contribution in [3.63, 3.8) is 0 Å². The molecule has 6 heteroatoms. The first kappa shape index (κ1) is 30.1. The highest BCUT2D eigenvalue weighted by atomic mass is 16.5. The van der Waals surface area contributed by atoms with E-state index in [1.165, 1.54) is 5.39 Å². The van der Waals surface area contributed by atoms with Gasteiger partial charge < -0.3 is 28.4 Å². The fourth-order valence-corrected chi connectivity index (χ4v) is 8.54. The van der Waals surface area contributed by atoms with Crippen molar-refractivity contribution in [1.29, 1.82) is 0 Å². The molecular weight excluding hydrogens is 679 g/mol. The predicted molar refractivity (Wildman–Crippen MR) is 223 cm³/mol. The van der Waals surface area contributed by atoms with Crippen LogP contribution in [0.2, 0.25) is 0 Å². The largest absolute Gasteiger partial charge is 0.464 e. The summed E-state index contributed by atoms with van der Waals surface area (Å²) in [6.07, 6.45) is -0.257. The lowest BCUT2D eigenvalue weighted by Crippen LogP contribution is -2.10. The molecule has 3 aromatic heterocycles. The molecule has 12 rings (SSSR count). The van der Waals surface area contributed by atoms with Crippen LogP contribution in [-0.4, -0.2) is 4.57 Å². The summed E-state index contributed by atoms with van der Waals surface area (Å²) in [7, 11) is 0. The summed E-state index contributed by atoms with van der Waals surface area (Å²) < 4.78 is 22.4. The molecule has 0 saturated heterocycles. The van der Waals surface area contributed by atoms with Gasteiger partial charge in [-0.1, -0.05) is 109 Å². The van der Waals surface area contributed by atoms with Gasteiger partial charge in [-0.05, 0) is 60.7 Å². The molecule has 1 atom stereocenters. The van der Waals surface area contributed by atoms with Gasteiger partial charge in [0.05, 0.1) is 28.1 Å². The second-order valence-electron chi connectivity index (χ2n) is 14.1. The fourth-order valence-electron chi connectivity index (χ4n) is 8.54. The van der Waals surface area contributed by atoms with Gasteiger partial charge in [0.15, 0.2) is 17.4 Å². The molecule has 1 aliphatic rings. The summed E-state index contributed by atoms with van der Waals surface area (Å²) in [4.78, 5) is 2.29. The Morgan fingerprint density at radius 2 is 1.11 bits per heavy atom. The number of benzene rings is 8. The lowest BCUT2D eigenvalue weighted by Gasteiger charge is -2.25. The molecule has 55 heavy (non-hydrogen) atoms. The molecule has 0 spiro atoms. The fraction of sp³-hybridized carbons (Fsp3) is 0.0204. The van der Waals surface area contributed by atoms with Crippen LogP contribution in [-0.2, 0) is 0 Å². The quantitative estimate of drug-likeness (QED) is 0.193. The second-order valence-corrected chi connectivity index (χ2v) is 14.1. The van der Waals surface area contributed by atoms with Crippen LogP contribution in [0.4, 0.5) is 22.7 Å². The third-order valence-corrected chi connectivity index (χ3v) is 11.0. The van der Waals surface area contributed by atoms with Gasteiger partial charge in [-0.2, -0.15) is 0 Å². The first-order chi connectivity index (χ1) is 27.3. The van der Waals surface area contributed by atoms with Gasteiger partial charge in [0.25, 0.3) is 0 Å². The smallest absolute Gasteiger partial charge is 0.196 e. The number of furan rings is 2. The van der Waals surface area contributed by atoms with Crippen molar-refractivity contribution in [2.45, 2.75) is 6.23 Å². The van der Waals surface area contributed by atoms with Crippen LogP contribution < -0.4 is 15.0 Å². The number of nitrogens with zero attached hydrogens (tertiary/aromatic N) is 2. The Morgan fingerprint density at radius 1 is 0.473 bits per heavy atom. The molecule has 11 aromatic rings. The van der Waals surface area contributed by atoms with Gasteiger partial charge >= 0.3 is 0 Å². The molecule has 0 aliphatic carbocycles. The number of nitrogens with one attached hydrogen (secondary N) is 1. The Morgan fingerprint density at radius 3 is 1.91 bits per heavy atom. The van der Waals surface area contributed by atoms with Crippen molar-refractivity contribution in [1.82, 2.24) is 4.57 Å². The van der Waals surface area contributed by atoms with Crippen molar-refractivity contribution < 1.29 is 13.6 Å². The minimum atomic E-state index is -0.257. The highest BCUT2D eigenvalue weighted by Gasteiger charge is 2.28. The Balaban J connectivity index is 1.09. The van der Waals surface area contributed by atoms with Crippen LogP contribution in [0.25, 0.3) is 71.4 Å². The van der Waals surface area contributed by atoms with E-state index in [4.69, 9.17) is 13.6 Å². The van der Waals surface area contributed by atoms with Gasteiger partial charge in [-0.3, -0.25) is 0 Å². The zero-order valence-corrected chi connectivity index (χ0v) is 29.4. The number of ether oxygens (including phenoxy) is 1. The van der Waals surface area contributed by atoms with E-state index in [2.05, 4.69) is 160 Å². The van der Waals surface area contributed by atoms with Crippen LogP contribution in [0, 0.1) is 0 Å². The summed E-state index contributed by atoms with van der Waals surface area (Å²) in [6, 6.07) is 61.3. The van der Waals surface area contributed by atoms with E-state index in [0.717, 1.165) is 100 Å². The van der Waals surface area contributed by atoms with Gasteiger partial charge in [-0.15, -0.1) is 0 Å². The van der Waals surface area contributed by atoms with E-state index in [1.54, 1.807) is 0 Å². The molecule has 0 saturated carbocycles. The Kier molecular flexibility index (Phi) is 6.30. The predicted octanol–water partition coefficient (Wildman–Crippen LogP) is 13.6. The molecular formula is C49H31N3O3. The van der Waals surface area contributed by atoms with Crippen molar-refractivity contribution in [3.05, 3.63) is 181 Å². The number of hydrogen-bond acceptors (Lipinski definition) is 5. The number of anilines is 4. The average molecular weight is 710 g/mol. The molecule has 1 aliphatic heterocycles. The number of hydrogen-bond donors (Lipinski definition) is 1. The van der Waals surface area contributed by atoms with Crippen molar-refractivity contribution in [2.75, 3.05) is 10.2 Å². The molecule has 0 bridgehead atoms. The Bertz CT molecular complexity index is 3290. The molecule has 8 aromatic carbocycles. The zero-order valence-electron chi connectivity index (χ0n) is 29.4. The second kappa shape index (κ2) is 11.5. The summed E-state index contributed by atoms with van der Waals surface area (Å²) in [5.41, 5.74) is 11.4. The standard InChI is InChI=1S/C49H31N3O3/c1-3-13-30(14-4-1)49-50-39-29-45-38(28-46(39)55-49)36-20-12-23-43(48(36)54-45)52(42-22-11-19-35-34-18-8-10-24-44(34)53-47(35)42)32-25-26-41-37(27-32)33-17-7-9-21-40(33)51(41)31-15-5-2-6-16-31/h1-29,49-50H. The number of para-hydroxylation sites is 5. The molecule has 6 nitrogen and oxygen atoms in total. The molecule has 1 unspecified atom stereocenters. The first-order valence-corrected chi connectivity index (χ1v) is 18.5. The van der Waals surface area contributed by atoms with Crippen LogP contribution in [0.15, 0.2) is 185 Å². The Labute approximate surface area is 315 Å². The van der Waals surface area contributed by atoms with E-state index >= 15 is 0 Å². The maximum Gasteiger partial charge on any atom is 0.196 e. The summed E-state index contributed by atoms with van der Waals surface area (Å²) in [5, 5.41) is 10.0. The number of rotatable bonds is 5. The minimum Gasteiger partial charge on any atom is -0.464 e. The van der Waals surface area contributed by atoms with Crippen molar-refractivity contribution >= 4 is 88.4 Å². The average Bonchev–Trinajstić information content (AvgIpc) is 4.01. The molecule has 4 heterocycles. The number of aromatic nitrogens is 1. The molecule has 0 amide bonds. The first-order valence-electron chi connectivity index (χ1n) is 18.5. The Hall–Kier alpha value is -7.44. The maximum absolute atomic E-state index is 6.89. The molecule has 0 radical (unpaired) electrons. The van der Waals surface area contributed by atoms with Crippen LogP contribution in [0.5, 0.6) is 5.75 Å². The normalized spacial score (nSPS) is 13.9. The maximum atomic E-state index is 6.89.